The van der Waals surface area contributed by atoms with E-state index in [4.69, 9.17) is 4.42 Å². The van der Waals surface area contributed by atoms with Gasteiger partial charge in [-0.1, -0.05) is 32.9 Å². The smallest absolute Gasteiger partial charge is 0.134 e. The minimum absolute atomic E-state index is 0.184. The summed E-state index contributed by atoms with van der Waals surface area (Å²) in [7, 11) is 0. The van der Waals surface area contributed by atoms with Crippen molar-refractivity contribution in [2.75, 3.05) is 0 Å². The molecule has 0 unspecified atom stereocenters. The van der Waals surface area contributed by atoms with Crippen LogP contribution < -0.4 is 0 Å². The molecule has 0 saturated carbocycles. The molecule has 0 N–H and O–H groups in total. The molecule has 0 fully saturated rings. The SMILES string of the molecule is CC(C)(C)c1cccc2occc12. The number of furan rings is 1. The minimum Gasteiger partial charge on any atom is -0.464 e. The summed E-state index contributed by atoms with van der Waals surface area (Å²) in [5, 5.41) is 1.23. The summed E-state index contributed by atoms with van der Waals surface area (Å²) >= 11 is 0. The van der Waals surface area contributed by atoms with E-state index in [1.54, 1.807) is 6.26 Å². The van der Waals surface area contributed by atoms with Gasteiger partial charge in [0.25, 0.3) is 0 Å². The van der Waals surface area contributed by atoms with E-state index in [0.29, 0.717) is 0 Å². The van der Waals surface area contributed by atoms with Crippen molar-refractivity contribution in [3.05, 3.63) is 36.1 Å². The normalized spacial score (nSPS) is 12.2. The van der Waals surface area contributed by atoms with Gasteiger partial charge in [0.05, 0.1) is 6.26 Å². The molecule has 13 heavy (non-hydrogen) atoms. The zero-order valence-electron chi connectivity index (χ0n) is 8.29. The van der Waals surface area contributed by atoms with E-state index < -0.39 is 0 Å². The van der Waals surface area contributed by atoms with Gasteiger partial charge in [0.1, 0.15) is 5.58 Å². The molecule has 0 atom stereocenters. The summed E-state index contributed by atoms with van der Waals surface area (Å²) in [5.41, 5.74) is 2.51. The fraction of sp³-hybridized carbons (Fsp3) is 0.333. The van der Waals surface area contributed by atoms with E-state index in [1.165, 1.54) is 10.9 Å². The number of hydrogen-bond donors (Lipinski definition) is 0. The third-order valence-corrected chi connectivity index (χ3v) is 2.30. The maximum Gasteiger partial charge on any atom is 0.134 e. The van der Waals surface area contributed by atoms with Crippen molar-refractivity contribution in [2.24, 2.45) is 0 Å². The molecule has 1 heteroatoms. The van der Waals surface area contributed by atoms with Crippen LogP contribution in [0.4, 0.5) is 0 Å². The lowest BCUT2D eigenvalue weighted by Gasteiger charge is -2.19. The summed E-state index contributed by atoms with van der Waals surface area (Å²) in [5.74, 6) is 0. The lowest BCUT2D eigenvalue weighted by Crippen LogP contribution is -2.10. The van der Waals surface area contributed by atoms with Crippen LogP contribution in [0.1, 0.15) is 26.3 Å². The average molecular weight is 174 g/mol. The highest BCUT2D eigenvalue weighted by atomic mass is 16.3. The fourth-order valence-corrected chi connectivity index (χ4v) is 1.65. The minimum atomic E-state index is 0.184. The molecule has 2 rings (SSSR count). The highest BCUT2D eigenvalue weighted by Crippen LogP contribution is 2.30. The van der Waals surface area contributed by atoms with Gasteiger partial charge in [0.2, 0.25) is 0 Å². The van der Waals surface area contributed by atoms with Gasteiger partial charge in [-0.2, -0.15) is 0 Å². The van der Waals surface area contributed by atoms with Gasteiger partial charge in [0.15, 0.2) is 0 Å². The molecule has 0 radical (unpaired) electrons. The highest BCUT2D eigenvalue weighted by molar-refractivity contribution is 5.81. The maximum atomic E-state index is 5.35. The molecule has 1 aromatic carbocycles. The molecule has 68 valence electrons. The second kappa shape index (κ2) is 2.63. The van der Waals surface area contributed by atoms with Gasteiger partial charge in [-0.05, 0) is 23.1 Å². The second-order valence-electron chi connectivity index (χ2n) is 4.39. The zero-order chi connectivity index (χ0) is 9.47. The summed E-state index contributed by atoms with van der Waals surface area (Å²) in [6.45, 7) is 6.65. The summed E-state index contributed by atoms with van der Waals surface area (Å²) in [6, 6.07) is 8.25. The van der Waals surface area contributed by atoms with Crippen LogP contribution >= 0.6 is 0 Å². The first kappa shape index (κ1) is 8.36. The van der Waals surface area contributed by atoms with Gasteiger partial charge in [-0.3, -0.25) is 0 Å². The van der Waals surface area contributed by atoms with E-state index in [-0.39, 0.29) is 5.41 Å². The summed E-state index contributed by atoms with van der Waals surface area (Å²) < 4.78 is 5.35. The van der Waals surface area contributed by atoms with Crippen LogP contribution in [0.3, 0.4) is 0 Å². The van der Waals surface area contributed by atoms with Crippen LogP contribution in [-0.4, -0.2) is 0 Å². The monoisotopic (exact) mass is 174 g/mol. The van der Waals surface area contributed by atoms with Crippen LogP contribution in [0.15, 0.2) is 34.9 Å². The molecular weight excluding hydrogens is 160 g/mol. The lowest BCUT2D eigenvalue weighted by molar-refractivity contribution is 0.592. The zero-order valence-corrected chi connectivity index (χ0v) is 8.29. The molecule has 0 spiro atoms. The van der Waals surface area contributed by atoms with E-state index in [1.807, 2.05) is 18.2 Å². The van der Waals surface area contributed by atoms with Gasteiger partial charge >= 0.3 is 0 Å². The summed E-state index contributed by atoms with van der Waals surface area (Å²) in [4.78, 5) is 0. The third-order valence-electron chi connectivity index (χ3n) is 2.30. The Bertz CT molecular complexity index is 418. The first-order valence-electron chi connectivity index (χ1n) is 4.56. The molecule has 1 heterocycles. The van der Waals surface area contributed by atoms with Crippen molar-refractivity contribution in [3.63, 3.8) is 0 Å². The molecule has 0 amide bonds. The molecule has 1 nitrogen and oxygen atoms in total. The Morgan fingerprint density at radius 1 is 1.08 bits per heavy atom. The van der Waals surface area contributed by atoms with E-state index in [0.717, 1.165) is 5.58 Å². The largest absolute Gasteiger partial charge is 0.464 e. The predicted octanol–water partition coefficient (Wildman–Crippen LogP) is 3.73. The molecular formula is C12H14O. The summed E-state index contributed by atoms with van der Waals surface area (Å²) in [6.07, 6.45) is 1.75. The van der Waals surface area contributed by atoms with Crippen molar-refractivity contribution in [1.29, 1.82) is 0 Å². The van der Waals surface area contributed by atoms with Crippen LogP contribution in [0, 0.1) is 0 Å². The highest BCUT2D eigenvalue weighted by Gasteiger charge is 2.16. The maximum absolute atomic E-state index is 5.35. The van der Waals surface area contributed by atoms with Crippen LogP contribution in [0.2, 0.25) is 0 Å². The van der Waals surface area contributed by atoms with Gasteiger partial charge in [0, 0.05) is 5.39 Å². The standard InChI is InChI=1S/C12H14O/c1-12(2,3)10-5-4-6-11-9(10)7-8-13-11/h4-8H,1-3H3. The number of fused-ring (bicyclic) bond motifs is 1. The fourth-order valence-electron chi connectivity index (χ4n) is 1.65. The molecule has 0 aliphatic carbocycles. The van der Waals surface area contributed by atoms with Crippen molar-refractivity contribution >= 4 is 11.0 Å². The number of benzene rings is 1. The topological polar surface area (TPSA) is 13.1 Å². The first-order chi connectivity index (χ1) is 6.09. The van der Waals surface area contributed by atoms with Crippen LogP contribution in [0.5, 0.6) is 0 Å². The van der Waals surface area contributed by atoms with Gasteiger partial charge in [-0.25, -0.2) is 0 Å². The molecule has 0 aliphatic rings. The Morgan fingerprint density at radius 2 is 1.85 bits per heavy atom. The lowest BCUT2D eigenvalue weighted by atomic mass is 9.85. The van der Waals surface area contributed by atoms with E-state index in [2.05, 4.69) is 26.8 Å². The van der Waals surface area contributed by atoms with Crippen molar-refractivity contribution in [3.8, 4) is 0 Å². The Kier molecular flexibility index (Phi) is 1.69. The van der Waals surface area contributed by atoms with Crippen molar-refractivity contribution < 1.29 is 4.42 Å². The average Bonchev–Trinajstić information content (AvgIpc) is 2.48. The Hall–Kier alpha value is -1.24. The van der Waals surface area contributed by atoms with Crippen molar-refractivity contribution in [2.45, 2.75) is 26.2 Å². The van der Waals surface area contributed by atoms with Gasteiger partial charge in [-0.15, -0.1) is 0 Å². The Labute approximate surface area is 78.4 Å². The molecule has 0 aliphatic heterocycles. The van der Waals surface area contributed by atoms with Crippen LogP contribution in [0.25, 0.3) is 11.0 Å². The van der Waals surface area contributed by atoms with E-state index >= 15 is 0 Å². The molecule has 2 aromatic rings. The van der Waals surface area contributed by atoms with Crippen molar-refractivity contribution in [1.82, 2.24) is 0 Å². The third kappa shape index (κ3) is 1.35. The Balaban J connectivity index is 2.75. The molecule has 0 saturated heterocycles. The number of rotatable bonds is 0. The van der Waals surface area contributed by atoms with Crippen LogP contribution in [-0.2, 0) is 5.41 Å². The number of hydrogen-bond acceptors (Lipinski definition) is 1. The molecule has 1 aromatic heterocycles. The van der Waals surface area contributed by atoms with Gasteiger partial charge < -0.3 is 4.42 Å². The molecule has 0 bridgehead atoms. The predicted molar refractivity (Wildman–Crippen MR) is 54.9 cm³/mol. The quantitative estimate of drug-likeness (QED) is 0.593. The van der Waals surface area contributed by atoms with E-state index in [9.17, 15) is 0 Å². The second-order valence-corrected chi connectivity index (χ2v) is 4.39. The first-order valence-corrected chi connectivity index (χ1v) is 4.56. The Morgan fingerprint density at radius 3 is 2.54 bits per heavy atom.